The van der Waals surface area contributed by atoms with Crippen LogP contribution in [0.3, 0.4) is 0 Å². The van der Waals surface area contributed by atoms with Gasteiger partial charge in [0.2, 0.25) is 11.8 Å². The van der Waals surface area contributed by atoms with Crippen molar-refractivity contribution in [1.29, 1.82) is 0 Å². The van der Waals surface area contributed by atoms with Gasteiger partial charge in [0.15, 0.2) is 0 Å². The number of carboxylic acids is 1. The summed E-state index contributed by atoms with van der Waals surface area (Å²) in [5.74, 6) is -1.40. The van der Waals surface area contributed by atoms with Crippen LogP contribution in [0, 0.1) is 18.8 Å². The first-order valence-electron chi connectivity index (χ1n) is 9.34. The number of nitrogens with zero attached hydrogens (tertiary/aromatic N) is 2. The summed E-state index contributed by atoms with van der Waals surface area (Å²) in [5.41, 5.74) is 1.97. The Labute approximate surface area is 153 Å². The molecule has 1 N–H and O–H groups in total. The zero-order valence-corrected chi connectivity index (χ0v) is 15.2. The number of rotatable bonds is 5. The van der Waals surface area contributed by atoms with E-state index in [4.69, 9.17) is 5.11 Å². The second-order valence-electron chi connectivity index (χ2n) is 7.39. The van der Waals surface area contributed by atoms with Crippen molar-refractivity contribution >= 4 is 23.5 Å². The molecular formula is C20H26N2O4. The highest BCUT2D eigenvalue weighted by atomic mass is 16.4. The number of amides is 2. The lowest BCUT2D eigenvalue weighted by atomic mass is 9.92. The van der Waals surface area contributed by atoms with Crippen LogP contribution in [0.15, 0.2) is 24.3 Å². The number of likely N-dealkylation sites (tertiary alicyclic amines) is 1. The number of anilines is 1. The summed E-state index contributed by atoms with van der Waals surface area (Å²) in [6.45, 7) is 3.80. The fraction of sp³-hybridized carbons (Fsp3) is 0.550. The molecule has 0 radical (unpaired) electrons. The van der Waals surface area contributed by atoms with Gasteiger partial charge in [-0.3, -0.25) is 14.4 Å². The van der Waals surface area contributed by atoms with Gasteiger partial charge >= 0.3 is 5.97 Å². The topological polar surface area (TPSA) is 77.9 Å². The monoisotopic (exact) mass is 358 g/mol. The first kappa shape index (κ1) is 18.4. The first-order chi connectivity index (χ1) is 12.5. The van der Waals surface area contributed by atoms with Gasteiger partial charge in [-0.2, -0.15) is 0 Å². The second kappa shape index (κ2) is 7.89. The van der Waals surface area contributed by atoms with Gasteiger partial charge in [0.1, 0.15) is 5.92 Å². The molecule has 26 heavy (non-hydrogen) atoms. The van der Waals surface area contributed by atoms with Gasteiger partial charge < -0.3 is 14.9 Å². The standard InChI is InChI=1S/C20H26N2O4/c1-14-4-7-16(8-5-14)22-12-10-17(20(22)26)19(25)21-11-2-3-15(13-21)6-9-18(23)24/h4-5,7-8,15,17H,2-3,6,9-13H2,1H3,(H,23,24)/t15-,17-/m0/s1. The molecule has 6 heteroatoms. The highest BCUT2D eigenvalue weighted by Crippen LogP contribution is 2.29. The fourth-order valence-electron chi connectivity index (χ4n) is 3.94. The van der Waals surface area contributed by atoms with Crippen LogP contribution < -0.4 is 4.90 Å². The van der Waals surface area contributed by atoms with E-state index in [1.807, 2.05) is 31.2 Å². The molecule has 2 atom stereocenters. The smallest absolute Gasteiger partial charge is 0.303 e. The van der Waals surface area contributed by atoms with Crippen molar-refractivity contribution in [2.24, 2.45) is 11.8 Å². The summed E-state index contributed by atoms with van der Waals surface area (Å²) in [7, 11) is 0. The van der Waals surface area contributed by atoms with Crippen LogP contribution in [0.25, 0.3) is 0 Å². The van der Waals surface area contributed by atoms with E-state index in [1.165, 1.54) is 0 Å². The van der Waals surface area contributed by atoms with E-state index < -0.39 is 11.9 Å². The summed E-state index contributed by atoms with van der Waals surface area (Å²) >= 11 is 0. The number of carboxylic acid groups (broad SMARTS) is 1. The molecule has 1 aromatic rings. The molecule has 0 aromatic heterocycles. The van der Waals surface area contributed by atoms with Crippen molar-refractivity contribution in [2.45, 2.75) is 39.0 Å². The third kappa shape index (κ3) is 4.06. The number of aliphatic carboxylic acids is 1. The van der Waals surface area contributed by atoms with Crippen molar-refractivity contribution < 1.29 is 19.5 Å². The lowest BCUT2D eigenvalue weighted by molar-refractivity contribution is -0.141. The Hall–Kier alpha value is -2.37. The molecule has 0 aliphatic carbocycles. The molecule has 0 spiro atoms. The number of piperidine rings is 1. The quantitative estimate of drug-likeness (QED) is 0.820. The summed E-state index contributed by atoms with van der Waals surface area (Å²) in [4.78, 5) is 39.9. The van der Waals surface area contributed by atoms with Crippen molar-refractivity contribution in [2.75, 3.05) is 24.5 Å². The third-order valence-electron chi connectivity index (χ3n) is 5.45. The number of hydrogen-bond donors (Lipinski definition) is 1. The summed E-state index contributed by atoms with van der Waals surface area (Å²) in [6, 6.07) is 7.77. The Bertz CT molecular complexity index is 686. The highest BCUT2D eigenvalue weighted by molar-refractivity contribution is 6.09. The van der Waals surface area contributed by atoms with Gasteiger partial charge in [-0.15, -0.1) is 0 Å². The first-order valence-corrected chi connectivity index (χ1v) is 9.34. The fourth-order valence-corrected chi connectivity index (χ4v) is 3.94. The number of benzene rings is 1. The highest BCUT2D eigenvalue weighted by Gasteiger charge is 2.40. The molecule has 0 bridgehead atoms. The Morgan fingerprint density at radius 3 is 2.58 bits per heavy atom. The van der Waals surface area contributed by atoms with Crippen molar-refractivity contribution in [3.05, 3.63) is 29.8 Å². The summed E-state index contributed by atoms with van der Waals surface area (Å²) < 4.78 is 0. The summed E-state index contributed by atoms with van der Waals surface area (Å²) in [5, 5.41) is 8.85. The van der Waals surface area contributed by atoms with Crippen LogP contribution in [0.1, 0.15) is 37.7 Å². The van der Waals surface area contributed by atoms with Crippen LogP contribution in [0.5, 0.6) is 0 Å². The third-order valence-corrected chi connectivity index (χ3v) is 5.45. The van der Waals surface area contributed by atoms with Crippen LogP contribution >= 0.6 is 0 Å². The maximum Gasteiger partial charge on any atom is 0.303 e. The largest absolute Gasteiger partial charge is 0.481 e. The molecule has 6 nitrogen and oxygen atoms in total. The zero-order valence-electron chi connectivity index (χ0n) is 15.2. The van der Waals surface area contributed by atoms with Gasteiger partial charge in [-0.25, -0.2) is 0 Å². The van der Waals surface area contributed by atoms with E-state index in [2.05, 4.69) is 0 Å². The number of carbonyl (C=O) groups excluding carboxylic acids is 2. The average Bonchev–Trinajstić information content (AvgIpc) is 3.02. The maximum atomic E-state index is 12.9. The van der Waals surface area contributed by atoms with Crippen LogP contribution in [0.4, 0.5) is 5.69 Å². The van der Waals surface area contributed by atoms with Crippen molar-refractivity contribution in [3.63, 3.8) is 0 Å². The predicted octanol–water partition coefficient (Wildman–Crippen LogP) is 2.45. The minimum Gasteiger partial charge on any atom is -0.481 e. The van der Waals surface area contributed by atoms with Crippen LogP contribution in [-0.4, -0.2) is 47.4 Å². The number of aryl methyl sites for hydroxylation is 1. The molecule has 2 aliphatic heterocycles. The Kier molecular flexibility index (Phi) is 5.59. The van der Waals surface area contributed by atoms with Crippen LogP contribution in [0.2, 0.25) is 0 Å². The van der Waals surface area contributed by atoms with Crippen molar-refractivity contribution in [3.8, 4) is 0 Å². The van der Waals surface area contributed by atoms with Crippen molar-refractivity contribution in [1.82, 2.24) is 4.90 Å². The van der Waals surface area contributed by atoms with E-state index >= 15 is 0 Å². The van der Waals surface area contributed by atoms with Gasteiger partial charge in [-0.1, -0.05) is 17.7 Å². The second-order valence-corrected chi connectivity index (χ2v) is 7.39. The molecule has 3 rings (SSSR count). The number of hydrogen-bond acceptors (Lipinski definition) is 3. The van der Waals surface area contributed by atoms with Gasteiger partial charge in [-0.05, 0) is 50.7 Å². The lowest BCUT2D eigenvalue weighted by Crippen LogP contribution is -2.45. The lowest BCUT2D eigenvalue weighted by Gasteiger charge is -2.34. The molecule has 2 saturated heterocycles. The normalized spacial score (nSPS) is 23.3. The molecule has 1 aromatic carbocycles. The molecular weight excluding hydrogens is 332 g/mol. The zero-order chi connectivity index (χ0) is 18.7. The molecule has 2 aliphatic rings. The van der Waals surface area contributed by atoms with Gasteiger partial charge in [0.25, 0.3) is 0 Å². The Balaban J connectivity index is 1.62. The molecule has 2 fully saturated rings. The SMILES string of the molecule is Cc1ccc(N2CC[C@@H](C(=O)N3CCC[C@@H](CCC(=O)O)C3)C2=O)cc1. The Morgan fingerprint density at radius 1 is 1.15 bits per heavy atom. The molecule has 0 unspecified atom stereocenters. The Morgan fingerprint density at radius 2 is 1.88 bits per heavy atom. The van der Waals surface area contributed by atoms with E-state index in [1.54, 1.807) is 9.80 Å². The molecule has 140 valence electrons. The van der Waals surface area contributed by atoms with E-state index in [0.717, 1.165) is 24.1 Å². The number of carbonyl (C=O) groups is 3. The molecule has 0 saturated carbocycles. The minimum atomic E-state index is -0.798. The molecule has 2 heterocycles. The van der Waals surface area contributed by atoms with Gasteiger partial charge in [0, 0.05) is 31.7 Å². The predicted molar refractivity (Wildman–Crippen MR) is 97.8 cm³/mol. The van der Waals surface area contributed by atoms with E-state index in [9.17, 15) is 14.4 Å². The van der Waals surface area contributed by atoms with Crippen LogP contribution in [-0.2, 0) is 14.4 Å². The van der Waals surface area contributed by atoms with E-state index in [-0.39, 0.29) is 24.2 Å². The average molecular weight is 358 g/mol. The van der Waals surface area contributed by atoms with Gasteiger partial charge in [0.05, 0.1) is 0 Å². The minimum absolute atomic E-state index is 0.0929. The summed E-state index contributed by atoms with van der Waals surface area (Å²) in [6.07, 6.45) is 3.09. The maximum absolute atomic E-state index is 12.9. The molecule has 2 amide bonds. The van der Waals surface area contributed by atoms with E-state index in [0.29, 0.717) is 32.5 Å².